The maximum Gasteiger partial charge on any atom is 0.0931 e. The standard InChI is InChI=1S/C9H15ClN2OS/c1-3-13-6(2)9(12-11)7-4-5-8(10)14-7/h4-6,9,12H,3,11H2,1-2H3. The van der Waals surface area contributed by atoms with Gasteiger partial charge in [0.05, 0.1) is 16.5 Å². The summed E-state index contributed by atoms with van der Waals surface area (Å²) in [5, 5.41) is 0. The fraction of sp³-hybridized carbons (Fsp3) is 0.556. The van der Waals surface area contributed by atoms with E-state index >= 15 is 0 Å². The molecule has 0 aliphatic heterocycles. The number of nitrogens with two attached hydrogens (primary N) is 1. The molecule has 1 aromatic heterocycles. The molecule has 2 atom stereocenters. The molecule has 0 radical (unpaired) electrons. The lowest BCUT2D eigenvalue weighted by Gasteiger charge is -2.21. The molecular formula is C9H15ClN2OS. The Balaban J connectivity index is 2.71. The Morgan fingerprint density at radius 1 is 1.64 bits per heavy atom. The zero-order valence-electron chi connectivity index (χ0n) is 8.29. The van der Waals surface area contributed by atoms with Gasteiger partial charge in [-0.05, 0) is 26.0 Å². The van der Waals surface area contributed by atoms with Gasteiger partial charge in [0.25, 0.3) is 0 Å². The lowest BCUT2D eigenvalue weighted by Crippen LogP contribution is -2.36. The van der Waals surface area contributed by atoms with E-state index in [-0.39, 0.29) is 12.1 Å². The van der Waals surface area contributed by atoms with Crippen LogP contribution in [0.2, 0.25) is 4.34 Å². The van der Waals surface area contributed by atoms with Crippen LogP contribution in [0.15, 0.2) is 12.1 Å². The molecule has 0 amide bonds. The summed E-state index contributed by atoms with van der Waals surface area (Å²) in [7, 11) is 0. The predicted molar refractivity (Wildman–Crippen MR) is 60.5 cm³/mol. The average molecular weight is 235 g/mol. The van der Waals surface area contributed by atoms with Crippen molar-refractivity contribution in [2.45, 2.75) is 26.0 Å². The van der Waals surface area contributed by atoms with Crippen molar-refractivity contribution >= 4 is 22.9 Å². The van der Waals surface area contributed by atoms with Gasteiger partial charge in [-0.15, -0.1) is 11.3 Å². The maximum atomic E-state index is 5.85. The van der Waals surface area contributed by atoms with Crippen LogP contribution in [0.3, 0.4) is 0 Å². The summed E-state index contributed by atoms with van der Waals surface area (Å²) in [6.45, 7) is 4.63. The summed E-state index contributed by atoms with van der Waals surface area (Å²) in [6.07, 6.45) is 0.0414. The number of hydrazine groups is 1. The smallest absolute Gasteiger partial charge is 0.0931 e. The Bertz CT molecular complexity index is 280. The predicted octanol–water partition coefficient (Wildman–Crippen LogP) is 2.33. The molecule has 0 aromatic carbocycles. The van der Waals surface area contributed by atoms with Gasteiger partial charge in [0.1, 0.15) is 0 Å². The molecular weight excluding hydrogens is 220 g/mol. The molecule has 0 saturated heterocycles. The fourth-order valence-corrected chi connectivity index (χ4v) is 2.52. The topological polar surface area (TPSA) is 47.3 Å². The summed E-state index contributed by atoms with van der Waals surface area (Å²) < 4.78 is 6.25. The number of ether oxygens (including phenoxy) is 1. The Hall–Kier alpha value is -0.130. The van der Waals surface area contributed by atoms with Crippen LogP contribution in [0.25, 0.3) is 0 Å². The van der Waals surface area contributed by atoms with Crippen molar-refractivity contribution in [2.75, 3.05) is 6.61 Å². The first-order valence-electron chi connectivity index (χ1n) is 4.52. The molecule has 0 saturated carbocycles. The highest BCUT2D eigenvalue weighted by Crippen LogP contribution is 2.29. The highest BCUT2D eigenvalue weighted by atomic mass is 35.5. The largest absolute Gasteiger partial charge is 0.377 e. The van der Waals surface area contributed by atoms with Crippen molar-refractivity contribution in [3.05, 3.63) is 21.3 Å². The fourth-order valence-electron chi connectivity index (χ4n) is 1.30. The lowest BCUT2D eigenvalue weighted by atomic mass is 10.1. The van der Waals surface area contributed by atoms with Gasteiger partial charge in [-0.1, -0.05) is 11.6 Å². The van der Waals surface area contributed by atoms with Crippen LogP contribution in [0, 0.1) is 0 Å². The van der Waals surface area contributed by atoms with Gasteiger partial charge in [0.15, 0.2) is 0 Å². The van der Waals surface area contributed by atoms with E-state index in [9.17, 15) is 0 Å². The normalized spacial score (nSPS) is 15.4. The minimum absolute atomic E-state index is 0.00690. The van der Waals surface area contributed by atoms with Crippen LogP contribution in [0.4, 0.5) is 0 Å². The summed E-state index contributed by atoms with van der Waals surface area (Å²) in [5.41, 5.74) is 2.74. The van der Waals surface area contributed by atoms with Gasteiger partial charge in [-0.2, -0.15) is 0 Å². The van der Waals surface area contributed by atoms with E-state index in [0.29, 0.717) is 6.61 Å². The molecule has 0 spiro atoms. The van der Waals surface area contributed by atoms with Crippen molar-refractivity contribution in [1.29, 1.82) is 0 Å². The second-order valence-corrected chi connectivity index (χ2v) is 4.69. The van der Waals surface area contributed by atoms with Crippen LogP contribution in [0.1, 0.15) is 24.8 Å². The zero-order valence-corrected chi connectivity index (χ0v) is 9.86. The van der Waals surface area contributed by atoms with Gasteiger partial charge in [0.2, 0.25) is 0 Å². The third kappa shape index (κ3) is 2.93. The first kappa shape index (κ1) is 11.9. The van der Waals surface area contributed by atoms with Crippen molar-refractivity contribution in [1.82, 2.24) is 5.43 Å². The van der Waals surface area contributed by atoms with Gasteiger partial charge in [-0.3, -0.25) is 5.84 Å². The molecule has 80 valence electrons. The molecule has 1 aromatic rings. The van der Waals surface area contributed by atoms with Crippen molar-refractivity contribution in [3.63, 3.8) is 0 Å². The summed E-state index contributed by atoms with van der Waals surface area (Å²) >= 11 is 7.37. The summed E-state index contributed by atoms with van der Waals surface area (Å²) in [4.78, 5) is 1.10. The Morgan fingerprint density at radius 2 is 2.36 bits per heavy atom. The van der Waals surface area contributed by atoms with Crippen LogP contribution in [-0.2, 0) is 4.74 Å². The SMILES string of the molecule is CCOC(C)C(NN)c1ccc(Cl)s1. The van der Waals surface area contributed by atoms with E-state index in [0.717, 1.165) is 9.21 Å². The number of nitrogens with one attached hydrogen (secondary N) is 1. The quantitative estimate of drug-likeness (QED) is 0.607. The van der Waals surface area contributed by atoms with Crippen LogP contribution < -0.4 is 11.3 Å². The highest BCUT2D eigenvalue weighted by Gasteiger charge is 2.19. The first-order valence-corrected chi connectivity index (χ1v) is 5.71. The first-order chi connectivity index (χ1) is 6.69. The molecule has 5 heteroatoms. The number of halogens is 1. The Labute approximate surface area is 93.2 Å². The molecule has 0 aliphatic carbocycles. The maximum absolute atomic E-state index is 5.85. The minimum Gasteiger partial charge on any atom is -0.377 e. The summed E-state index contributed by atoms with van der Waals surface area (Å²) in [6, 6.07) is 3.84. The van der Waals surface area contributed by atoms with Gasteiger partial charge in [-0.25, -0.2) is 5.43 Å². The van der Waals surface area contributed by atoms with Crippen LogP contribution in [0.5, 0.6) is 0 Å². The minimum atomic E-state index is 0.00690. The van der Waals surface area contributed by atoms with Crippen molar-refractivity contribution in [3.8, 4) is 0 Å². The number of rotatable bonds is 5. The molecule has 0 fully saturated rings. The van der Waals surface area contributed by atoms with Crippen LogP contribution >= 0.6 is 22.9 Å². The second kappa shape index (κ2) is 5.68. The molecule has 3 N–H and O–H groups in total. The van der Waals surface area contributed by atoms with E-state index < -0.39 is 0 Å². The molecule has 1 rings (SSSR count). The Kier molecular flexibility index (Phi) is 4.84. The highest BCUT2D eigenvalue weighted by molar-refractivity contribution is 7.16. The van der Waals surface area contributed by atoms with E-state index in [1.54, 1.807) is 0 Å². The second-order valence-electron chi connectivity index (χ2n) is 2.95. The number of thiophene rings is 1. The van der Waals surface area contributed by atoms with E-state index in [2.05, 4.69) is 5.43 Å². The number of hydrogen-bond donors (Lipinski definition) is 2. The number of hydrogen-bond acceptors (Lipinski definition) is 4. The van der Waals surface area contributed by atoms with E-state index in [1.807, 2.05) is 26.0 Å². The molecule has 1 heterocycles. The average Bonchev–Trinajstić information content (AvgIpc) is 2.54. The third-order valence-electron chi connectivity index (χ3n) is 1.98. The van der Waals surface area contributed by atoms with Crippen molar-refractivity contribution in [2.24, 2.45) is 5.84 Å². The van der Waals surface area contributed by atoms with E-state index in [4.69, 9.17) is 22.2 Å². The monoisotopic (exact) mass is 234 g/mol. The molecule has 0 bridgehead atoms. The van der Waals surface area contributed by atoms with Crippen LogP contribution in [-0.4, -0.2) is 12.7 Å². The molecule has 14 heavy (non-hydrogen) atoms. The zero-order chi connectivity index (χ0) is 10.6. The third-order valence-corrected chi connectivity index (χ3v) is 3.29. The molecule has 3 nitrogen and oxygen atoms in total. The summed E-state index contributed by atoms with van der Waals surface area (Å²) in [5.74, 6) is 5.48. The molecule has 0 aliphatic rings. The van der Waals surface area contributed by atoms with Gasteiger partial charge in [0, 0.05) is 11.5 Å². The molecule has 2 unspecified atom stereocenters. The lowest BCUT2D eigenvalue weighted by molar-refractivity contribution is 0.0482. The Morgan fingerprint density at radius 3 is 2.79 bits per heavy atom. The van der Waals surface area contributed by atoms with Crippen molar-refractivity contribution < 1.29 is 4.74 Å². The van der Waals surface area contributed by atoms with E-state index in [1.165, 1.54) is 11.3 Å². The van der Waals surface area contributed by atoms with Gasteiger partial charge >= 0.3 is 0 Å². The van der Waals surface area contributed by atoms with Gasteiger partial charge < -0.3 is 4.74 Å².